The lowest BCUT2D eigenvalue weighted by atomic mass is 10.2. The van der Waals surface area contributed by atoms with Crippen molar-refractivity contribution in [2.45, 2.75) is 25.6 Å². The molecule has 0 amide bonds. The Balaban J connectivity index is 1.49. The van der Waals surface area contributed by atoms with Crippen molar-refractivity contribution in [3.63, 3.8) is 0 Å². The van der Waals surface area contributed by atoms with Crippen LogP contribution in [0.4, 0.5) is 8.78 Å². The van der Waals surface area contributed by atoms with Crippen LogP contribution in [-0.2, 0) is 7.05 Å². The molecule has 0 aliphatic carbocycles. The van der Waals surface area contributed by atoms with Crippen molar-refractivity contribution in [2.24, 2.45) is 7.05 Å². The van der Waals surface area contributed by atoms with Crippen LogP contribution in [0.25, 0.3) is 17.1 Å². The van der Waals surface area contributed by atoms with Gasteiger partial charge >= 0.3 is 6.61 Å². The van der Waals surface area contributed by atoms with Gasteiger partial charge < -0.3 is 13.9 Å². The standard InChI is InChI=1S/C24H22F2N4O2S/c1-15-13-20(16(2)30(15)18-9-11-19(12-10-18)32-23(25)26)21(31)14-33-24-28-27-22(29(24)3)17-7-5-4-6-8-17/h4-13,23H,14H2,1-3H3. The fourth-order valence-corrected chi connectivity index (χ4v) is 4.50. The zero-order chi connectivity index (χ0) is 23.5. The third-order valence-corrected chi connectivity index (χ3v) is 6.27. The molecule has 0 aliphatic heterocycles. The molecule has 170 valence electrons. The number of ether oxygens (including phenoxy) is 1. The summed E-state index contributed by atoms with van der Waals surface area (Å²) in [6.07, 6.45) is 0. The Hall–Kier alpha value is -3.46. The first kappa shape index (κ1) is 22.7. The van der Waals surface area contributed by atoms with Gasteiger partial charge in [-0.25, -0.2) is 0 Å². The molecule has 0 atom stereocenters. The lowest BCUT2D eigenvalue weighted by Crippen LogP contribution is -2.07. The van der Waals surface area contributed by atoms with Gasteiger partial charge in [-0.1, -0.05) is 42.1 Å². The number of alkyl halides is 2. The van der Waals surface area contributed by atoms with E-state index >= 15 is 0 Å². The highest BCUT2D eigenvalue weighted by molar-refractivity contribution is 7.99. The van der Waals surface area contributed by atoms with Gasteiger partial charge in [0, 0.05) is 35.2 Å². The van der Waals surface area contributed by atoms with Crippen LogP contribution in [0.3, 0.4) is 0 Å². The predicted octanol–water partition coefficient (Wildman–Crippen LogP) is 5.47. The van der Waals surface area contributed by atoms with E-state index in [1.165, 1.54) is 23.9 Å². The first-order chi connectivity index (χ1) is 15.8. The molecule has 9 heteroatoms. The number of thioether (sulfide) groups is 1. The van der Waals surface area contributed by atoms with E-state index < -0.39 is 6.61 Å². The molecule has 0 N–H and O–H groups in total. The lowest BCUT2D eigenvalue weighted by Gasteiger charge is -2.11. The lowest BCUT2D eigenvalue weighted by molar-refractivity contribution is -0.0498. The smallest absolute Gasteiger partial charge is 0.387 e. The van der Waals surface area contributed by atoms with Crippen LogP contribution >= 0.6 is 11.8 Å². The highest BCUT2D eigenvalue weighted by Gasteiger charge is 2.19. The van der Waals surface area contributed by atoms with E-state index in [1.54, 1.807) is 12.1 Å². The fraction of sp³-hybridized carbons (Fsp3) is 0.208. The van der Waals surface area contributed by atoms with Crippen molar-refractivity contribution >= 4 is 17.5 Å². The highest BCUT2D eigenvalue weighted by atomic mass is 32.2. The van der Waals surface area contributed by atoms with Crippen molar-refractivity contribution in [3.8, 4) is 22.8 Å². The molecule has 0 spiro atoms. The zero-order valence-electron chi connectivity index (χ0n) is 18.3. The van der Waals surface area contributed by atoms with Crippen LogP contribution < -0.4 is 4.74 Å². The van der Waals surface area contributed by atoms with Gasteiger partial charge in [0.15, 0.2) is 16.8 Å². The SMILES string of the molecule is Cc1cc(C(=O)CSc2nnc(-c3ccccc3)n2C)c(C)n1-c1ccc(OC(F)F)cc1. The second-order valence-corrected chi connectivity index (χ2v) is 8.38. The molecule has 2 aromatic heterocycles. The van der Waals surface area contributed by atoms with Crippen molar-refractivity contribution in [1.82, 2.24) is 19.3 Å². The Morgan fingerprint density at radius 1 is 1.06 bits per heavy atom. The maximum absolute atomic E-state index is 13.0. The number of carbonyl (C=O) groups is 1. The molecule has 0 unspecified atom stereocenters. The number of benzene rings is 2. The van der Waals surface area contributed by atoms with Gasteiger partial charge in [-0.05, 0) is 44.2 Å². The second-order valence-electron chi connectivity index (χ2n) is 7.44. The third kappa shape index (κ3) is 4.83. The fourth-order valence-electron chi connectivity index (χ4n) is 3.71. The van der Waals surface area contributed by atoms with Gasteiger partial charge in [0.05, 0.1) is 5.75 Å². The number of rotatable bonds is 8. The average molecular weight is 469 g/mol. The molecule has 4 aromatic rings. The zero-order valence-corrected chi connectivity index (χ0v) is 19.1. The van der Waals surface area contributed by atoms with Crippen LogP contribution in [0, 0.1) is 13.8 Å². The van der Waals surface area contributed by atoms with Crippen LogP contribution in [0.5, 0.6) is 5.75 Å². The number of nitrogens with zero attached hydrogens (tertiary/aromatic N) is 4. The molecular weight excluding hydrogens is 446 g/mol. The molecule has 0 fully saturated rings. The molecule has 2 aromatic carbocycles. The van der Waals surface area contributed by atoms with E-state index in [2.05, 4.69) is 14.9 Å². The summed E-state index contributed by atoms with van der Waals surface area (Å²) in [7, 11) is 1.88. The quantitative estimate of drug-likeness (QED) is 0.254. The first-order valence-electron chi connectivity index (χ1n) is 10.2. The largest absolute Gasteiger partial charge is 0.435 e. The van der Waals surface area contributed by atoms with Crippen molar-refractivity contribution in [1.29, 1.82) is 0 Å². The number of carbonyl (C=O) groups excluding carboxylic acids is 1. The van der Waals surface area contributed by atoms with Crippen molar-refractivity contribution in [2.75, 3.05) is 5.75 Å². The van der Waals surface area contributed by atoms with Gasteiger partial charge in [0.2, 0.25) is 0 Å². The number of hydrogen-bond donors (Lipinski definition) is 0. The molecule has 0 saturated carbocycles. The number of ketones is 1. The minimum Gasteiger partial charge on any atom is -0.435 e. The monoisotopic (exact) mass is 468 g/mol. The minimum atomic E-state index is -2.87. The number of halogens is 2. The molecule has 2 heterocycles. The van der Waals surface area contributed by atoms with E-state index in [1.807, 2.05) is 66.4 Å². The van der Waals surface area contributed by atoms with Crippen LogP contribution in [0.1, 0.15) is 21.7 Å². The summed E-state index contributed by atoms with van der Waals surface area (Å²) in [5.41, 5.74) is 3.98. The predicted molar refractivity (Wildman–Crippen MR) is 123 cm³/mol. The summed E-state index contributed by atoms with van der Waals surface area (Å²) in [6.45, 7) is 0.893. The van der Waals surface area contributed by atoms with Gasteiger partial charge in [-0.2, -0.15) is 8.78 Å². The molecule has 4 rings (SSSR count). The Morgan fingerprint density at radius 3 is 2.42 bits per heavy atom. The molecule has 0 bridgehead atoms. The van der Waals surface area contributed by atoms with Gasteiger partial charge in [0.25, 0.3) is 0 Å². The number of hydrogen-bond acceptors (Lipinski definition) is 5. The summed E-state index contributed by atoms with van der Waals surface area (Å²) >= 11 is 1.34. The topological polar surface area (TPSA) is 61.9 Å². The van der Waals surface area contributed by atoms with E-state index in [4.69, 9.17) is 0 Å². The summed E-state index contributed by atoms with van der Waals surface area (Å²) in [4.78, 5) is 13.0. The van der Waals surface area contributed by atoms with Crippen LogP contribution in [-0.4, -0.2) is 37.5 Å². The first-order valence-corrected chi connectivity index (χ1v) is 11.2. The summed E-state index contributed by atoms with van der Waals surface area (Å²) in [6, 6.07) is 17.9. The maximum atomic E-state index is 13.0. The molecule has 0 radical (unpaired) electrons. The van der Waals surface area contributed by atoms with E-state index in [0.717, 1.165) is 28.5 Å². The van der Waals surface area contributed by atoms with Crippen molar-refractivity contribution < 1.29 is 18.3 Å². The second kappa shape index (κ2) is 9.58. The Morgan fingerprint density at radius 2 is 1.76 bits per heavy atom. The number of aromatic nitrogens is 4. The highest BCUT2D eigenvalue weighted by Crippen LogP contribution is 2.27. The van der Waals surface area contributed by atoms with Crippen molar-refractivity contribution in [3.05, 3.63) is 77.6 Å². The van der Waals surface area contributed by atoms with Crippen LogP contribution in [0.2, 0.25) is 0 Å². The molecule has 0 saturated heterocycles. The minimum absolute atomic E-state index is 0.0266. The van der Waals surface area contributed by atoms with Gasteiger partial charge in [0.1, 0.15) is 5.75 Å². The normalized spacial score (nSPS) is 11.2. The molecule has 6 nitrogen and oxygen atoms in total. The van der Waals surface area contributed by atoms with Gasteiger partial charge in [-0.15, -0.1) is 10.2 Å². The van der Waals surface area contributed by atoms with Crippen LogP contribution in [0.15, 0.2) is 65.8 Å². The van der Waals surface area contributed by atoms with E-state index in [9.17, 15) is 13.6 Å². The van der Waals surface area contributed by atoms with E-state index in [0.29, 0.717) is 10.7 Å². The molecule has 33 heavy (non-hydrogen) atoms. The summed E-state index contributed by atoms with van der Waals surface area (Å²) < 4.78 is 33.0. The maximum Gasteiger partial charge on any atom is 0.387 e. The number of aryl methyl sites for hydroxylation is 1. The Labute approximate surface area is 194 Å². The molecular formula is C24H22F2N4O2S. The number of Topliss-reactive ketones (excluding diaryl/α,β-unsaturated/α-hetero) is 1. The third-order valence-electron chi connectivity index (χ3n) is 5.25. The Bertz CT molecular complexity index is 1270. The molecule has 0 aliphatic rings. The summed E-state index contributed by atoms with van der Waals surface area (Å²) in [5.74, 6) is 1.01. The van der Waals surface area contributed by atoms with E-state index in [-0.39, 0.29) is 17.3 Å². The van der Waals surface area contributed by atoms with Gasteiger partial charge in [-0.3, -0.25) is 4.79 Å². The Kier molecular flexibility index (Phi) is 6.60. The average Bonchev–Trinajstić information content (AvgIpc) is 3.31. The summed E-state index contributed by atoms with van der Waals surface area (Å²) in [5, 5.41) is 9.15.